The third-order valence-corrected chi connectivity index (χ3v) is 6.58. The van der Waals surface area contributed by atoms with Crippen molar-refractivity contribution in [3.8, 4) is 11.4 Å². The molecule has 0 spiro atoms. The van der Waals surface area contributed by atoms with Crippen LogP contribution in [-0.4, -0.2) is 46.2 Å². The average Bonchev–Trinajstić information content (AvgIpc) is 3.54. The highest BCUT2D eigenvalue weighted by atomic mass is 16.5. The first kappa shape index (κ1) is 25.2. The molecule has 3 aromatic rings. The molecule has 2 aromatic carbocycles. The maximum atomic E-state index is 12.9. The standard InChI is InChI=1S/C29H34N4O3/c1-4-26(25-14-8-9-15-27(25)36-20-29(35)32-18-10-11-19-32)30-28(34)17-16-24-21(2)31-33(22(24)3)23-12-6-5-7-13-23/h5-9,12-17,26H,4,10-11,18-20H2,1-3H3,(H,30,34)/b17-16+. The summed E-state index contributed by atoms with van der Waals surface area (Å²) in [6.07, 6.45) is 6.15. The quantitative estimate of drug-likeness (QED) is 0.442. The van der Waals surface area contributed by atoms with E-state index in [1.165, 1.54) is 0 Å². The van der Waals surface area contributed by atoms with E-state index in [2.05, 4.69) is 10.4 Å². The summed E-state index contributed by atoms with van der Waals surface area (Å²) >= 11 is 0. The third kappa shape index (κ3) is 5.85. The Hall–Kier alpha value is -3.87. The molecule has 2 amide bonds. The van der Waals surface area contributed by atoms with Crippen molar-refractivity contribution < 1.29 is 14.3 Å². The molecule has 1 aliphatic heterocycles. The van der Waals surface area contributed by atoms with E-state index in [-0.39, 0.29) is 24.5 Å². The minimum absolute atomic E-state index is 0.00380. The van der Waals surface area contributed by atoms with Crippen LogP contribution in [0, 0.1) is 13.8 Å². The first-order chi connectivity index (χ1) is 17.5. The van der Waals surface area contributed by atoms with Gasteiger partial charge in [0.05, 0.1) is 17.4 Å². The third-order valence-electron chi connectivity index (χ3n) is 6.58. The highest BCUT2D eigenvalue weighted by Crippen LogP contribution is 2.27. The highest BCUT2D eigenvalue weighted by Gasteiger charge is 2.20. The molecule has 0 bridgehead atoms. The number of aromatic nitrogens is 2. The number of ether oxygens (including phenoxy) is 1. The minimum atomic E-state index is -0.241. The summed E-state index contributed by atoms with van der Waals surface area (Å²) in [5.41, 5.74) is 4.59. The Morgan fingerprint density at radius 3 is 2.47 bits per heavy atom. The van der Waals surface area contributed by atoms with Gasteiger partial charge in [-0.25, -0.2) is 4.68 Å². The molecule has 188 valence electrons. The zero-order chi connectivity index (χ0) is 25.5. The fraction of sp³-hybridized carbons (Fsp3) is 0.345. The number of para-hydroxylation sites is 2. The molecule has 1 fully saturated rings. The summed E-state index contributed by atoms with van der Waals surface area (Å²) in [5, 5.41) is 7.73. The molecule has 1 N–H and O–H groups in total. The number of carbonyl (C=O) groups excluding carboxylic acids is 2. The van der Waals surface area contributed by atoms with Gasteiger partial charge in [-0.3, -0.25) is 9.59 Å². The van der Waals surface area contributed by atoms with E-state index in [4.69, 9.17) is 4.74 Å². The van der Waals surface area contributed by atoms with Crippen LogP contribution in [0.4, 0.5) is 0 Å². The molecule has 1 saturated heterocycles. The van der Waals surface area contributed by atoms with Crippen LogP contribution < -0.4 is 10.1 Å². The first-order valence-corrected chi connectivity index (χ1v) is 12.6. The lowest BCUT2D eigenvalue weighted by Crippen LogP contribution is -2.32. The zero-order valence-electron chi connectivity index (χ0n) is 21.2. The number of hydrogen-bond donors (Lipinski definition) is 1. The molecular weight excluding hydrogens is 452 g/mol. The van der Waals surface area contributed by atoms with Gasteiger partial charge in [0.25, 0.3) is 5.91 Å². The molecule has 1 atom stereocenters. The van der Waals surface area contributed by atoms with Crippen molar-refractivity contribution in [1.29, 1.82) is 0 Å². The highest BCUT2D eigenvalue weighted by molar-refractivity contribution is 5.92. The van der Waals surface area contributed by atoms with Gasteiger partial charge in [0, 0.05) is 36.0 Å². The smallest absolute Gasteiger partial charge is 0.260 e. The van der Waals surface area contributed by atoms with Crippen molar-refractivity contribution in [2.24, 2.45) is 0 Å². The van der Waals surface area contributed by atoms with Crippen molar-refractivity contribution in [1.82, 2.24) is 20.0 Å². The Labute approximate surface area is 212 Å². The Kier molecular flexibility index (Phi) is 8.21. The SMILES string of the molecule is CCC(NC(=O)/C=C/c1c(C)nn(-c2ccccc2)c1C)c1ccccc1OCC(=O)N1CCCC1. The van der Waals surface area contributed by atoms with Crippen molar-refractivity contribution >= 4 is 17.9 Å². The molecule has 1 aromatic heterocycles. The summed E-state index contributed by atoms with van der Waals surface area (Å²) in [7, 11) is 0. The Balaban J connectivity index is 1.44. The van der Waals surface area contributed by atoms with Crippen molar-refractivity contribution in [3.63, 3.8) is 0 Å². The van der Waals surface area contributed by atoms with E-state index in [1.807, 2.05) is 91.0 Å². The van der Waals surface area contributed by atoms with Gasteiger partial charge >= 0.3 is 0 Å². The van der Waals surface area contributed by atoms with Gasteiger partial charge in [-0.15, -0.1) is 0 Å². The molecule has 0 aliphatic carbocycles. The molecule has 1 unspecified atom stereocenters. The van der Waals surface area contributed by atoms with Crippen molar-refractivity contribution in [2.45, 2.75) is 46.1 Å². The summed E-state index contributed by atoms with van der Waals surface area (Å²) in [6.45, 7) is 7.55. The van der Waals surface area contributed by atoms with Gasteiger partial charge in [0.15, 0.2) is 6.61 Å². The van der Waals surface area contributed by atoms with E-state index < -0.39 is 0 Å². The van der Waals surface area contributed by atoms with Crippen molar-refractivity contribution in [2.75, 3.05) is 19.7 Å². The topological polar surface area (TPSA) is 76.5 Å². The largest absolute Gasteiger partial charge is 0.483 e. The summed E-state index contributed by atoms with van der Waals surface area (Å²) in [4.78, 5) is 27.2. The van der Waals surface area contributed by atoms with Crippen LogP contribution in [0.15, 0.2) is 60.7 Å². The minimum Gasteiger partial charge on any atom is -0.483 e. The Morgan fingerprint density at radius 1 is 1.06 bits per heavy atom. The maximum Gasteiger partial charge on any atom is 0.260 e. The number of aryl methyl sites for hydroxylation is 1. The second-order valence-corrected chi connectivity index (χ2v) is 9.05. The number of likely N-dealkylation sites (tertiary alicyclic amines) is 1. The van der Waals surface area contributed by atoms with Crippen LogP contribution in [0.5, 0.6) is 5.75 Å². The number of hydrogen-bond acceptors (Lipinski definition) is 4. The van der Waals surface area contributed by atoms with E-state index in [1.54, 1.807) is 6.08 Å². The molecule has 0 saturated carbocycles. The molecular formula is C29H34N4O3. The van der Waals surface area contributed by atoms with Crippen LogP contribution in [-0.2, 0) is 9.59 Å². The second kappa shape index (κ2) is 11.7. The monoisotopic (exact) mass is 486 g/mol. The lowest BCUT2D eigenvalue weighted by atomic mass is 10.0. The van der Waals surface area contributed by atoms with Crippen LogP contribution in [0.1, 0.15) is 54.7 Å². The molecule has 2 heterocycles. The summed E-state index contributed by atoms with van der Waals surface area (Å²) < 4.78 is 7.80. The van der Waals surface area contributed by atoms with Crippen LogP contribution in [0.3, 0.4) is 0 Å². The van der Waals surface area contributed by atoms with E-state index >= 15 is 0 Å². The fourth-order valence-corrected chi connectivity index (χ4v) is 4.59. The van der Waals surface area contributed by atoms with E-state index in [0.29, 0.717) is 12.2 Å². The lowest BCUT2D eigenvalue weighted by Gasteiger charge is -2.21. The van der Waals surface area contributed by atoms with Crippen LogP contribution in [0.25, 0.3) is 11.8 Å². The average molecular weight is 487 g/mol. The van der Waals surface area contributed by atoms with Gasteiger partial charge in [0.1, 0.15) is 5.75 Å². The van der Waals surface area contributed by atoms with Crippen LogP contribution >= 0.6 is 0 Å². The number of benzene rings is 2. The number of amides is 2. The van der Waals surface area contributed by atoms with Gasteiger partial charge in [-0.2, -0.15) is 5.10 Å². The van der Waals surface area contributed by atoms with E-state index in [0.717, 1.165) is 54.1 Å². The lowest BCUT2D eigenvalue weighted by molar-refractivity contribution is -0.132. The predicted octanol–water partition coefficient (Wildman–Crippen LogP) is 4.77. The number of nitrogens with zero attached hydrogens (tertiary/aromatic N) is 3. The number of nitrogens with one attached hydrogen (secondary N) is 1. The fourth-order valence-electron chi connectivity index (χ4n) is 4.59. The van der Waals surface area contributed by atoms with Gasteiger partial charge in [-0.1, -0.05) is 43.3 Å². The predicted molar refractivity (Wildman–Crippen MR) is 141 cm³/mol. The van der Waals surface area contributed by atoms with Gasteiger partial charge < -0.3 is 15.0 Å². The molecule has 36 heavy (non-hydrogen) atoms. The Bertz CT molecular complexity index is 1230. The number of rotatable bonds is 9. The molecule has 1 aliphatic rings. The summed E-state index contributed by atoms with van der Waals surface area (Å²) in [6, 6.07) is 17.3. The normalized spacial score (nSPS) is 14.2. The number of carbonyl (C=O) groups is 2. The Morgan fingerprint density at radius 2 is 1.75 bits per heavy atom. The molecule has 4 rings (SSSR count). The van der Waals surface area contributed by atoms with Gasteiger partial charge in [0.2, 0.25) is 5.91 Å². The first-order valence-electron chi connectivity index (χ1n) is 12.6. The summed E-state index contributed by atoms with van der Waals surface area (Å²) in [5.74, 6) is 0.428. The maximum absolute atomic E-state index is 12.9. The molecule has 7 heteroatoms. The van der Waals surface area contributed by atoms with Crippen molar-refractivity contribution in [3.05, 3.63) is 83.2 Å². The van der Waals surface area contributed by atoms with Crippen LogP contribution in [0.2, 0.25) is 0 Å². The van der Waals surface area contributed by atoms with E-state index in [9.17, 15) is 9.59 Å². The molecule has 0 radical (unpaired) electrons. The molecule has 7 nitrogen and oxygen atoms in total. The second-order valence-electron chi connectivity index (χ2n) is 9.05. The van der Waals surface area contributed by atoms with Gasteiger partial charge in [-0.05, 0) is 57.4 Å². The zero-order valence-corrected chi connectivity index (χ0v) is 21.2.